The van der Waals surface area contributed by atoms with Crippen LogP contribution in [0, 0.1) is 11.8 Å². The minimum absolute atomic E-state index is 0.183. The summed E-state index contributed by atoms with van der Waals surface area (Å²) in [6, 6.07) is 16.7. The molecule has 27 heavy (non-hydrogen) atoms. The molecule has 1 heterocycles. The summed E-state index contributed by atoms with van der Waals surface area (Å²) >= 11 is 0. The summed E-state index contributed by atoms with van der Waals surface area (Å²) < 4.78 is 1.77. The fraction of sp³-hybridized carbons (Fsp3) is 0.182. The van der Waals surface area contributed by atoms with Gasteiger partial charge >= 0.3 is 0 Å². The number of para-hydroxylation sites is 1. The highest BCUT2D eigenvalue weighted by molar-refractivity contribution is 5.94. The third-order valence-electron chi connectivity index (χ3n) is 3.82. The summed E-state index contributed by atoms with van der Waals surface area (Å²) in [4.78, 5) is 12.5. The average molecular weight is 359 g/mol. The first-order chi connectivity index (χ1) is 12.9. The summed E-state index contributed by atoms with van der Waals surface area (Å²) in [5.74, 6) is 5.46. The number of rotatable bonds is 4. The molecule has 3 aromatic rings. The molecule has 5 heteroatoms. The Balaban J connectivity index is 1.73. The number of aliphatic hydroxyl groups is 1. The van der Waals surface area contributed by atoms with E-state index in [1.54, 1.807) is 42.9 Å². The molecule has 0 bridgehead atoms. The van der Waals surface area contributed by atoms with Crippen molar-refractivity contribution in [2.24, 2.45) is 0 Å². The maximum absolute atomic E-state index is 12.5. The molecule has 2 N–H and O–H groups in total. The first-order valence-corrected chi connectivity index (χ1v) is 8.64. The molecule has 1 amide bonds. The molecule has 0 aliphatic heterocycles. The molecule has 0 radical (unpaired) electrons. The van der Waals surface area contributed by atoms with Crippen LogP contribution >= 0.6 is 0 Å². The largest absolute Gasteiger partial charge is 0.378 e. The number of nitrogens with zero attached hydrogens (tertiary/aromatic N) is 2. The van der Waals surface area contributed by atoms with Crippen molar-refractivity contribution in [3.8, 4) is 17.5 Å². The van der Waals surface area contributed by atoms with Gasteiger partial charge < -0.3 is 10.4 Å². The fourth-order valence-corrected chi connectivity index (χ4v) is 2.54. The lowest BCUT2D eigenvalue weighted by molar-refractivity contribution is 0.0951. The third-order valence-corrected chi connectivity index (χ3v) is 3.82. The third kappa shape index (κ3) is 5.06. The van der Waals surface area contributed by atoms with Gasteiger partial charge in [0.1, 0.15) is 5.60 Å². The molecule has 136 valence electrons. The maximum atomic E-state index is 12.5. The van der Waals surface area contributed by atoms with E-state index < -0.39 is 5.60 Å². The van der Waals surface area contributed by atoms with Crippen molar-refractivity contribution < 1.29 is 9.90 Å². The van der Waals surface area contributed by atoms with Gasteiger partial charge in [-0.1, -0.05) is 36.1 Å². The van der Waals surface area contributed by atoms with Crippen LogP contribution in [0.3, 0.4) is 0 Å². The Bertz CT molecular complexity index is 990. The van der Waals surface area contributed by atoms with Crippen LogP contribution < -0.4 is 5.32 Å². The molecule has 0 unspecified atom stereocenters. The van der Waals surface area contributed by atoms with Crippen LogP contribution in [-0.2, 0) is 6.54 Å². The Morgan fingerprint density at radius 3 is 2.74 bits per heavy atom. The van der Waals surface area contributed by atoms with E-state index in [0.29, 0.717) is 17.7 Å². The van der Waals surface area contributed by atoms with E-state index in [-0.39, 0.29) is 5.91 Å². The molecule has 0 saturated heterocycles. The van der Waals surface area contributed by atoms with E-state index in [4.69, 9.17) is 0 Å². The van der Waals surface area contributed by atoms with E-state index in [0.717, 1.165) is 11.3 Å². The maximum Gasteiger partial charge on any atom is 0.251 e. The second kappa shape index (κ2) is 7.90. The van der Waals surface area contributed by atoms with Gasteiger partial charge in [0.15, 0.2) is 0 Å². The lowest BCUT2D eigenvalue weighted by atomic mass is 10.1. The van der Waals surface area contributed by atoms with E-state index in [1.807, 2.05) is 42.6 Å². The Hall–Kier alpha value is -3.36. The normalized spacial score (nSPS) is 10.8. The quantitative estimate of drug-likeness (QED) is 0.704. The Morgan fingerprint density at radius 1 is 1.19 bits per heavy atom. The zero-order valence-corrected chi connectivity index (χ0v) is 15.3. The fourth-order valence-electron chi connectivity index (χ4n) is 2.54. The van der Waals surface area contributed by atoms with Crippen LogP contribution in [0.2, 0.25) is 0 Å². The number of nitrogens with one attached hydrogen (secondary N) is 1. The molecule has 2 aromatic carbocycles. The topological polar surface area (TPSA) is 67.2 Å². The monoisotopic (exact) mass is 359 g/mol. The van der Waals surface area contributed by atoms with Gasteiger partial charge in [0.2, 0.25) is 0 Å². The number of benzene rings is 2. The van der Waals surface area contributed by atoms with E-state index >= 15 is 0 Å². The average Bonchev–Trinajstić information content (AvgIpc) is 3.19. The van der Waals surface area contributed by atoms with Gasteiger partial charge in [-0.25, -0.2) is 4.68 Å². The smallest absolute Gasteiger partial charge is 0.251 e. The highest BCUT2D eigenvalue weighted by atomic mass is 16.3. The predicted octanol–water partition coefficient (Wildman–Crippen LogP) is 2.92. The lowest BCUT2D eigenvalue weighted by Gasteiger charge is -2.11. The molecule has 0 aliphatic carbocycles. The summed E-state index contributed by atoms with van der Waals surface area (Å²) in [7, 11) is 0. The summed E-state index contributed by atoms with van der Waals surface area (Å²) in [6.07, 6.45) is 3.58. The van der Waals surface area contributed by atoms with Crippen LogP contribution in [0.25, 0.3) is 5.69 Å². The second-order valence-electron chi connectivity index (χ2n) is 6.65. The number of carbonyl (C=O) groups is 1. The number of hydrogen-bond acceptors (Lipinski definition) is 3. The van der Waals surface area contributed by atoms with Gasteiger partial charge in [-0.05, 0) is 49.7 Å². The van der Waals surface area contributed by atoms with Crippen molar-refractivity contribution in [2.45, 2.75) is 26.0 Å². The van der Waals surface area contributed by atoms with Crippen molar-refractivity contribution >= 4 is 5.91 Å². The van der Waals surface area contributed by atoms with Gasteiger partial charge in [0.25, 0.3) is 5.91 Å². The summed E-state index contributed by atoms with van der Waals surface area (Å²) in [6.45, 7) is 3.62. The summed E-state index contributed by atoms with van der Waals surface area (Å²) in [5, 5.41) is 16.9. The number of hydrogen-bond donors (Lipinski definition) is 2. The van der Waals surface area contributed by atoms with Crippen LogP contribution in [0.15, 0.2) is 67.0 Å². The van der Waals surface area contributed by atoms with Gasteiger partial charge in [-0.15, -0.1) is 0 Å². The first-order valence-electron chi connectivity index (χ1n) is 8.64. The minimum Gasteiger partial charge on any atom is -0.378 e. The number of carbonyl (C=O) groups excluding carboxylic acids is 1. The molecule has 0 atom stereocenters. The Labute approximate surface area is 158 Å². The zero-order valence-electron chi connectivity index (χ0n) is 15.3. The SMILES string of the molecule is CC(C)(O)C#Cc1cccc(C(=O)NCc2ccccc2-n2cccn2)c1. The molecule has 3 rings (SSSR count). The lowest BCUT2D eigenvalue weighted by Crippen LogP contribution is -2.23. The molecule has 0 aliphatic rings. The summed E-state index contributed by atoms with van der Waals surface area (Å²) in [5.41, 5.74) is 2.02. The number of aromatic nitrogens is 2. The van der Waals surface area contributed by atoms with E-state index in [9.17, 15) is 9.90 Å². The molecule has 1 aromatic heterocycles. The molecule has 0 spiro atoms. The van der Waals surface area contributed by atoms with Gasteiger partial charge in [0, 0.05) is 30.1 Å². The van der Waals surface area contributed by atoms with E-state index in [2.05, 4.69) is 22.3 Å². The van der Waals surface area contributed by atoms with Crippen LogP contribution in [-0.4, -0.2) is 26.4 Å². The highest BCUT2D eigenvalue weighted by Gasteiger charge is 2.09. The van der Waals surface area contributed by atoms with Crippen LogP contribution in [0.4, 0.5) is 0 Å². The first kappa shape index (κ1) is 18.4. The molecule has 5 nitrogen and oxygen atoms in total. The van der Waals surface area contributed by atoms with Gasteiger partial charge in [-0.2, -0.15) is 5.10 Å². The standard InChI is InChI=1S/C22H21N3O2/c1-22(2,27)12-11-17-7-5-9-18(15-17)21(26)23-16-19-8-3-4-10-20(19)25-14-6-13-24-25/h3-10,13-15,27H,16H2,1-2H3,(H,23,26). The predicted molar refractivity (Wildman–Crippen MR) is 104 cm³/mol. The highest BCUT2D eigenvalue weighted by Crippen LogP contribution is 2.13. The van der Waals surface area contributed by atoms with Crippen molar-refractivity contribution in [2.75, 3.05) is 0 Å². The van der Waals surface area contributed by atoms with Crippen molar-refractivity contribution in [3.63, 3.8) is 0 Å². The van der Waals surface area contributed by atoms with Gasteiger partial charge in [-0.3, -0.25) is 4.79 Å². The minimum atomic E-state index is -1.07. The molecule has 0 fully saturated rings. The molecular weight excluding hydrogens is 338 g/mol. The number of amides is 1. The molecule has 0 saturated carbocycles. The van der Waals surface area contributed by atoms with Gasteiger partial charge in [0.05, 0.1) is 5.69 Å². The van der Waals surface area contributed by atoms with Crippen molar-refractivity contribution in [1.82, 2.24) is 15.1 Å². The van der Waals surface area contributed by atoms with Crippen LogP contribution in [0.1, 0.15) is 35.3 Å². The second-order valence-corrected chi connectivity index (χ2v) is 6.65. The van der Waals surface area contributed by atoms with E-state index in [1.165, 1.54) is 0 Å². The Kier molecular flexibility index (Phi) is 5.39. The van der Waals surface area contributed by atoms with Crippen molar-refractivity contribution in [1.29, 1.82) is 0 Å². The molecular formula is C22H21N3O2. The van der Waals surface area contributed by atoms with Crippen LogP contribution in [0.5, 0.6) is 0 Å². The zero-order chi connectivity index (χ0) is 19.3. The Morgan fingerprint density at radius 2 is 2.00 bits per heavy atom. The van der Waals surface area contributed by atoms with Crippen molar-refractivity contribution in [3.05, 3.63) is 83.7 Å².